The lowest BCUT2D eigenvalue weighted by molar-refractivity contribution is -0.0203. The summed E-state index contributed by atoms with van der Waals surface area (Å²) in [6.07, 6.45) is 0.385. The van der Waals surface area contributed by atoms with Crippen molar-refractivity contribution < 1.29 is 9.47 Å². The van der Waals surface area contributed by atoms with Crippen LogP contribution in [0.5, 0.6) is 11.5 Å². The van der Waals surface area contributed by atoms with E-state index < -0.39 is 6.23 Å². The number of methoxy groups -OCH3 is 1. The molecule has 2 atom stereocenters. The lowest BCUT2D eigenvalue weighted by atomic mass is 9.96. The van der Waals surface area contributed by atoms with Crippen LogP contribution in [0.15, 0.2) is 76.3 Å². The van der Waals surface area contributed by atoms with Crippen LogP contribution in [-0.4, -0.2) is 17.8 Å². The van der Waals surface area contributed by atoms with Crippen LogP contribution in [0.3, 0.4) is 0 Å². The largest absolute Gasteiger partial charge is 0.496 e. The molecule has 0 bridgehead atoms. The van der Waals surface area contributed by atoms with Gasteiger partial charge in [0.15, 0.2) is 0 Å². The smallest absolute Gasteiger partial charge is 0.217 e. The second kappa shape index (κ2) is 7.39. The standard InChI is InChI=1S/C23H18BrClN2O2/c1-28-21-9-7-15(24)11-18(21)23-27-20(17-12-16(25)8-10-22(17)29-23)13-19(26-27)14-5-3-2-4-6-14/h2-12,20,23H,13H2,1H3. The van der Waals surface area contributed by atoms with Crippen molar-refractivity contribution in [1.29, 1.82) is 0 Å². The zero-order chi connectivity index (χ0) is 20.0. The van der Waals surface area contributed by atoms with Crippen molar-refractivity contribution in [3.8, 4) is 11.5 Å². The van der Waals surface area contributed by atoms with E-state index in [1.165, 1.54) is 0 Å². The molecule has 2 aliphatic rings. The molecule has 29 heavy (non-hydrogen) atoms. The summed E-state index contributed by atoms with van der Waals surface area (Å²) in [4.78, 5) is 0. The molecule has 3 aromatic rings. The lowest BCUT2D eigenvalue weighted by Crippen LogP contribution is -2.34. The fraction of sp³-hybridized carbons (Fsp3) is 0.174. The molecule has 2 unspecified atom stereocenters. The summed E-state index contributed by atoms with van der Waals surface area (Å²) >= 11 is 9.88. The van der Waals surface area contributed by atoms with Gasteiger partial charge in [0, 0.05) is 21.5 Å². The SMILES string of the molecule is COc1ccc(Br)cc1C1Oc2ccc(Cl)cc2C2CC(c3ccccc3)=NN21. The van der Waals surface area contributed by atoms with Gasteiger partial charge in [-0.2, -0.15) is 5.10 Å². The molecule has 0 aliphatic carbocycles. The molecule has 0 amide bonds. The molecule has 0 spiro atoms. The molecule has 3 aromatic carbocycles. The molecule has 0 N–H and O–H groups in total. The Morgan fingerprint density at radius 1 is 1.07 bits per heavy atom. The van der Waals surface area contributed by atoms with E-state index in [9.17, 15) is 0 Å². The molecule has 0 fully saturated rings. The van der Waals surface area contributed by atoms with Gasteiger partial charge in [0.1, 0.15) is 11.5 Å². The summed E-state index contributed by atoms with van der Waals surface area (Å²) in [5.74, 6) is 1.59. The third-order valence-corrected chi connectivity index (χ3v) is 6.05. The van der Waals surface area contributed by atoms with Crippen molar-refractivity contribution in [2.24, 2.45) is 5.10 Å². The van der Waals surface area contributed by atoms with Crippen LogP contribution in [0.2, 0.25) is 5.02 Å². The van der Waals surface area contributed by atoms with E-state index in [1.54, 1.807) is 7.11 Å². The molecule has 6 heteroatoms. The van der Waals surface area contributed by atoms with Gasteiger partial charge in [0.2, 0.25) is 6.23 Å². The average molecular weight is 470 g/mol. The average Bonchev–Trinajstić information content (AvgIpc) is 3.20. The summed E-state index contributed by atoms with van der Waals surface area (Å²) < 4.78 is 13.0. The molecule has 0 radical (unpaired) electrons. The number of hydrogen-bond acceptors (Lipinski definition) is 4. The Hall–Kier alpha value is -2.50. The second-order valence-corrected chi connectivity index (χ2v) is 8.40. The van der Waals surface area contributed by atoms with Crippen molar-refractivity contribution in [2.45, 2.75) is 18.7 Å². The van der Waals surface area contributed by atoms with E-state index in [1.807, 2.05) is 59.6 Å². The summed E-state index contributed by atoms with van der Waals surface area (Å²) in [5, 5.41) is 7.71. The molecule has 0 saturated heterocycles. The van der Waals surface area contributed by atoms with Crippen LogP contribution in [0.4, 0.5) is 0 Å². The highest BCUT2D eigenvalue weighted by Crippen LogP contribution is 2.49. The van der Waals surface area contributed by atoms with Gasteiger partial charge in [-0.05, 0) is 42.0 Å². The maximum absolute atomic E-state index is 6.43. The first-order valence-electron chi connectivity index (χ1n) is 9.35. The van der Waals surface area contributed by atoms with Crippen molar-refractivity contribution in [1.82, 2.24) is 5.01 Å². The van der Waals surface area contributed by atoms with E-state index in [-0.39, 0.29) is 6.04 Å². The maximum atomic E-state index is 6.43. The van der Waals surface area contributed by atoms with Crippen molar-refractivity contribution in [3.05, 3.63) is 92.9 Å². The Kier molecular flexibility index (Phi) is 4.72. The van der Waals surface area contributed by atoms with E-state index in [0.29, 0.717) is 5.02 Å². The van der Waals surface area contributed by atoms with Gasteiger partial charge in [-0.25, -0.2) is 5.01 Å². The number of nitrogens with zero attached hydrogens (tertiary/aromatic N) is 2. The van der Waals surface area contributed by atoms with Gasteiger partial charge in [0.25, 0.3) is 0 Å². The Morgan fingerprint density at radius 3 is 2.69 bits per heavy atom. The molecule has 4 nitrogen and oxygen atoms in total. The highest BCUT2D eigenvalue weighted by atomic mass is 79.9. The van der Waals surface area contributed by atoms with Crippen molar-refractivity contribution in [2.75, 3.05) is 7.11 Å². The number of fused-ring (bicyclic) bond motifs is 3. The van der Waals surface area contributed by atoms with Gasteiger partial charge >= 0.3 is 0 Å². The van der Waals surface area contributed by atoms with Crippen LogP contribution in [-0.2, 0) is 0 Å². The second-order valence-electron chi connectivity index (χ2n) is 7.05. The summed E-state index contributed by atoms with van der Waals surface area (Å²) in [6.45, 7) is 0. The highest BCUT2D eigenvalue weighted by Gasteiger charge is 2.42. The van der Waals surface area contributed by atoms with Crippen molar-refractivity contribution in [3.63, 3.8) is 0 Å². The van der Waals surface area contributed by atoms with Crippen molar-refractivity contribution >= 4 is 33.2 Å². The minimum Gasteiger partial charge on any atom is -0.496 e. The fourth-order valence-corrected chi connectivity index (χ4v) is 4.53. The van der Waals surface area contributed by atoms with Crippen LogP contribution in [0, 0.1) is 0 Å². The molecule has 2 heterocycles. The molecule has 2 aliphatic heterocycles. The lowest BCUT2D eigenvalue weighted by Gasteiger charge is -2.38. The van der Waals surface area contributed by atoms with Crippen LogP contribution < -0.4 is 9.47 Å². The third kappa shape index (κ3) is 3.28. The number of ether oxygens (including phenoxy) is 2. The maximum Gasteiger partial charge on any atom is 0.217 e. The van der Waals surface area contributed by atoms with Crippen LogP contribution >= 0.6 is 27.5 Å². The predicted octanol–water partition coefficient (Wildman–Crippen LogP) is 6.35. The quantitative estimate of drug-likeness (QED) is 0.448. The normalized spacial score (nSPS) is 19.8. The number of hydrazone groups is 1. The van der Waals surface area contributed by atoms with Gasteiger partial charge in [0.05, 0.1) is 24.4 Å². The first kappa shape index (κ1) is 18.5. The zero-order valence-corrected chi connectivity index (χ0v) is 18.0. The Bertz CT molecular complexity index is 1100. The van der Waals surface area contributed by atoms with E-state index in [0.717, 1.165) is 44.8 Å². The predicted molar refractivity (Wildman–Crippen MR) is 118 cm³/mol. The monoisotopic (exact) mass is 468 g/mol. The molecular formula is C23H18BrClN2O2. The summed E-state index contributed by atoms with van der Waals surface area (Å²) in [6, 6.07) is 22.0. The van der Waals surface area contributed by atoms with Gasteiger partial charge in [-0.3, -0.25) is 0 Å². The van der Waals surface area contributed by atoms with E-state index >= 15 is 0 Å². The van der Waals surface area contributed by atoms with Gasteiger partial charge in [-0.15, -0.1) is 0 Å². The third-order valence-electron chi connectivity index (χ3n) is 5.32. The Balaban J connectivity index is 1.65. The Morgan fingerprint density at radius 2 is 1.90 bits per heavy atom. The fourth-order valence-electron chi connectivity index (χ4n) is 3.97. The van der Waals surface area contributed by atoms with E-state index in [2.05, 4.69) is 28.1 Å². The van der Waals surface area contributed by atoms with Gasteiger partial charge in [-0.1, -0.05) is 57.9 Å². The highest BCUT2D eigenvalue weighted by molar-refractivity contribution is 9.10. The molecule has 0 aromatic heterocycles. The first-order chi connectivity index (χ1) is 14.1. The summed E-state index contributed by atoms with van der Waals surface area (Å²) in [5.41, 5.74) is 4.12. The molecule has 5 rings (SSSR count). The minimum absolute atomic E-state index is 0.0429. The number of rotatable bonds is 3. The zero-order valence-electron chi connectivity index (χ0n) is 15.7. The molecule has 146 valence electrons. The number of hydrogen-bond donors (Lipinski definition) is 0. The van der Waals surface area contributed by atoms with E-state index in [4.69, 9.17) is 26.2 Å². The molecular weight excluding hydrogens is 452 g/mol. The molecule has 0 saturated carbocycles. The van der Waals surface area contributed by atoms with Gasteiger partial charge < -0.3 is 9.47 Å². The topological polar surface area (TPSA) is 34.1 Å². The number of benzene rings is 3. The summed E-state index contributed by atoms with van der Waals surface area (Å²) in [7, 11) is 1.67. The minimum atomic E-state index is -0.401. The first-order valence-corrected chi connectivity index (χ1v) is 10.5. The van der Waals surface area contributed by atoms with Crippen LogP contribution in [0.1, 0.15) is 35.4 Å². The van der Waals surface area contributed by atoms with Crippen LogP contribution in [0.25, 0.3) is 0 Å². The Labute approximate surface area is 182 Å². The number of halogens is 2.